The molecular weight excluding hydrogens is 488 g/mol. The number of fused-ring (bicyclic) bond motifs is 4. The molecule has 0 spiro atoms. The number of benzene rings is 5. The van der Waals surface area contributed by atoms with Crippen LogP contribution < -0.4 is 9.47 Å². The molecule has 0 aliphatic heterocycles. The van der Waals surface area contributed by atoms with Crippen LogP contribution in [0.5, 0.6) is 11.5 Å². The summed E-state index contributed by atoms with van der Waals surface area (Å²) in [6.45, 7) is 9.72. The zero-order valence-corrected chi connectivity index (χ0v) is 22.6. The lowest BCUT2D eigenvalue weighted by atomic mass is 9.64. The molecular formula is C38H30O2. The first-order valence-corrected chi connectivity index (χ1v) is 13.8. The third kappa shape index (κ3) is 3.64. The highest BCUT2D eigenvalue weighted by Gasteiger charge is 2.48. The molecule has 0 saturated carbocycles. The Bertz CT molecular complexity index is 1790. The minimum absolute atomic E-state index is 0.403. The van der Waals surface area contributed by atoms with Gasteiger partial charge in [0.2, 0.25) is 0 Å². The Kier molecular flexibility index (Phi) is 5.71. The maximum Gasteiger partial charge on any atom is 0.127 e. The topological polar surface area (TPSA) is 18.5 Å². The second kappa shape index (κ2) is 9.43. The van der Waals surface area contributed by atoms with Crippen molar-refractivity contribution in [3.05, 3.63) is 163 Å². The summed E-state index contributed by atoms with van der Waals surface area (Å²) in [5.41, 5.74) is 7.66. The molecule has 5 aromatic rings. The highest BCUT2D eigenvalue weighted by molar-refractivity contribution is 5.94. The first kappa shape index (κ1) is 24.2. The molecule has 2 aliphatic carbocycles. The Morgan fingerprint density at radius 3 is 1.85 bits per heavy atom. The lowest BCUT2D eigenvalue weighted by Crippen LogP contribution is -2.31. The Morgan fingerprint density at radius 2 is 1.25 bits per heavy atom. The van der Waals surface area contributed by atoms with E-state index in [1.807, 2.05) is 12.1 Å². The van der Waals surface area contributed by atoms with Gasteiger partial charge in [0.1, 0.15) is 11.5 Å². The van der Waals surface area contributed by atoms with Crippen molar-refractivity contribution >= 4 is 27.1 Å². The van der Waals surface area contributed by atoms with E-state index in [1.54, 1.807) is 0 Å². The van der Waals surface area contributed by atoms with Crippen LogP contribution in [-0.4, -0.2) is 0 Å². The fraction of sp³-hybridized carbons (Fsp3) is 0.105. The van der Waals surface area contributed by atoms with Crippen LogP contribution >= 0.6 is 0 Å². The first-order valence-electron chi connectivity index (χ1n) is 13.8. The highest BCUT2D eigenvalue weighted by atomic mass is 16.5. The molecule has 0 amide bonds. The van der Waals surface area contributed by atoms with Gasteiger partial charge >= 0.3 is 0 Å². The molecule has 2 nitrogen and oxygen atoms in total. The summed E-state index contributed by atoms with van der Waals surface area (Å²) in [5.74, 6) is 2.05. The summed E-state index contributed by atoms with van der Waals surface area (Å²) in [5, 5.41) is 4.66. The maximum atomic E-state index is 5.56. The second-order valence-electron chi connectivity index (χ2n) is 10.7. The van der Waals surface area contributed by atoms with Crippen molar-refractivity contribution in [2.75, 3.05) is 0 Å². The van der Waals surface area contributed by atoms with E-state index < -0.39 is 5.41 Å². The summed E-state index contributed by atoms with van der Waals surface area (Å²) in [6.07, 6.45) is 8.66. The van der Waals surface area contributed by atoms with E-state index in [0.717, 1.165) is 28.7 Å². The van der Waals surface area contributed by atoms with Crippen LogP contribution in [0.3, 0.4) is 0 Å². The number of allylic oxidation sites excluding steroid dienone is 4. The lowest BCUT2D eigenvalue weighted by Gasteiger charge is -2.37. The average Bonchev–Trinajstić information content (AvgIpc) is 3.27. The molecule has 2 aliphatic rings. The van der Waals surface area contributed by atoms with Crippen LogP contribution in [0.25, 0.3) is 27.1 Å². The van der Waals surface area contributed by atoms with E-state index in [-0.39, 0.29) is 0 Å². The van der Waals surface area contributed by atoms with Gasteiger partial charge < -0.3 is 9.47 Å². The molecule has 2 heteroatoms. The molecule has 1 unspecified atom stereocenters. The largest absolute Gasteiger partial charge is 0.466 e. The van der Waals surface area contributed by atoms with Gasteiger partial charge in [0, 0.05) is 0 Å². The Morgan fingerprint density at radius 1 is 0.700 bits per heavy atom. The van der Waals surface area contributed by atoms with Gasteiger partial charge in [0.25, 0.3) is 0 Å². The quantitative estimate of drug-likeness (QED) is 0.208. The van der Waals surface area contributed by atoms with Crippen molar-refractivity contribution in [3.63, 3.8) is 0 Å². The predicted octanol–water partition coefficient (Wildman–Crippen LogP) is 9.74. The van der Waals surface area contributed by atoms with Gasteiger partial charge in [-0.3, -0.25) is 0 Å². The summed E-state index contributed by atoms with van der Waals surface area (Å²) in [4.78, 5) is 0. The van der Waals surface area contributed by atoms with Crippen LogP contribution in [0.2, 0.25) is 0 Å². The van der Waals surface area contributed by atoms with Crippen molar-refractivity contribution in [3.8, 4) is 11.5 Å². The fourth-order valence-corrected chi connectivity index (χ4v) is 6.76. The summed E-state index contributed by atoms with van der Waals surface area (Å²) in [6, 6.07) is 35.2. The summed E-state index contributed by atoms with van der Waals surface area (Å²) in [7, 11) is 0. The monoisotopic (exact) mass is 518 g/mol. The van der Waals surface area contributed by atoms with E-state index in [1.165, 1.54) is 56.7 Å². The molecule has 0 radical (unpaired) electrons. The molecule has 0 saturated heterocycles. The Balaban J connectivity index is 1.53. The molecule has 40 heavy (non-hydrogen) atoms. The molecule has 5 aromatic carbocycles. The number of ether oxygens (including phenoxy) is 2. The Labute approximate surface area is 235 Å². The normalized spacial score (nSPS) is 17.0. The van der Waals surface area contributed by atoms with Crippen molar-refractivity contribution in [2.45, 2.75) is 18.8 Å². The van der Waals surface area contributed by atoms with E-state index in [0.29, 0.717) is 5.92 Å². The van der Waals surface area contributed by atoms with Crippen molar-refractivity contribution in [2.24, 2.45) is 5.92 Å². The van der Waals surface area contributed by atoms with Crippen molar-refractivity contribution in [1.29, 1.82) is 0 Å². The molecule has 0 fully saturated rings. The molecule has 0 N–H and O–H groups in total. The third-order valence-electron chi connectivity index (χ3n) is 8.44. The predicted molar refractivity (Wildman–Crippen MR) is 166 cm³/mol. The van der Waals surface area contributed by atoms with Crippen LogP contribution in [0, 0.1) is 5.92 Å². The van der Waals surface area contributed by atoms with E-state index in [9.17, 15) is 0 Å². The van der Waals surface area contributed by atoms with Crippen LogP contribution in [0.1, 0.15) is 35.6 Å². The zero-order valence-electron chi connectivity index (χ0n) is 22.6. The lowest BCUT2D eigenvalue weighted by molar-refractivity contribution is 0.484. The summed E-state index contributed by atoms with van der Waals surface area (Å²) < 4.78 is 11.1. The van der Waals surface area contributed by atoms with Gasteiger partial charge in [0.05, 0.1) is 17.9 Å². The number of rotatable bonds is 6. The highest BCUT2D eigenvalue weighted by Crippen LogP contribution is 2.58. The SMILES string of the molecule is C=COc1ccc2cc(C3(c4ccc5cc(OC=C)ccc5c4)C4=C(C=CC(C)C4)c4ccccc43)ccc2c1. The van der Waals surface area contributed by atoms with Crippen molar-refractivity contribution < 1.29 is 9.47 Å². The minimum Gasteiger partial charge on any atom is -0.466 e. The molecule has 0 aromatic heterocycles. The smallest absolute Gasteiger partial charge is 0.127 e. The van der Waals surface area contributed by atoms with Gasteiger partial charge in [0.15, 0.2) is 0 Å². The number of hydrogen-bond acceptors (Lipinski definition) is 2. The van der Waals surface area contributed by atoms with E-state index in [4.69, 9.17) is 9.47 Å². The van der Waals surface area contributed by atoms with Crippen LogP contribution in [0.4, 0.5) is 0 Å². The van der Waals surface area contributed by atoms with Gasteiger partial charge in [-0.05, 0) is 104 Å². The molecule has 0 heterocycles. The van der Waals surface area contributed by atoms with Gasteiger partial charge in [-0.1, -0.05) is 92.9 Å². The van der Waals surface area contributed by atoms with Crippen LogP contribution in [0.15, 0.2) is 140 Å². The molecule has 1 atom stereocenters. The second-order valence-corrected chi connectivity index (χ2v) is 10.7. The fourth-order valence-electron chi connectivity index (χ4n) is 6.76. The zero-order chi connectivity index (χ0) is 27.3. The van der Waals surface area contributed by atoms with Crippen LogP contribution in [-0.2, 0) is 5.41 Å². The standard InChI is InChI=1S/C38H30O2/c1-4-39-32-17-13-26-21-30(15-11-28(26)23-32)38(31-16-12-29-24-33(40-5-2)18-14-27(29)22-31)36-9-7-6-8-34(36)35-19-10-25(3)20-37(35)38/h4-19,21-25H,1-2,20H2,3H3. The van der Waals surface area contributed by atoms with Crippen molar-refractivity contribution in [1.82, 2.24) is 0 Å². The molecule has 0 bridgehead atoms. The van der Waals surface area contributed by atoms with E-state index >= 15 is 0 Å². The van der Waals surface area contributed by atoms with Gasteiger partial charge in [-0.25, -0.2) is 0 Å². The first-order chi connectivity index (χ1) is 19.6. The molecule has 194 valence electrons. The minimum atomic E-state index is -0.403. The maximum absolute atomic E-state index is 5.56. The Hall–Kier alpha value is -4.82. The van der Waals surface area contributed by atoms with E-state index in [2.05, 4.69) is 117 Å². The summed E-state index contributed by atoms with van der Waals surface area (Å²) >= 11 is 0. The van der Waals surface area contributed by atoms with Gasteiger partial charge in [-0.15, -0.1) is 0 Å². The third-order valence-corrected chi connectivity index (χ3v) is 8.44. The average molecular weight is 519 g/mol. The molecule has 7 rings (SSSR count). The number of hydrogen-bond donors (Lipinski definition) is 0. The van der Waals surface area contributed by atoms with Gasteiger partial charge in [-0.2, -0.15) is 0 Å².